The fourth-order valence-corrected chi connectivity index (χ4v) is 0.988. The molecule has 0 aliphatic rings. The molecular formula is C12H11N3O. The predicted octanol–water partition coefficient (Wildman–Crippen LogP) is 0.831. The van der Waals surface area contributed by atoms with Gasteiger partial charge in [0.2, 0.25) is 5.91 Å². The second kappa shape index (κ2) is 6.21. The number of carbonyl (C=O) groups excluding carboxylic acids is 1. The van der Waals surface area contributed by atoms with Crippen molar-refractivity contribution in [1.82, 2.24) is 10.3 Å². The number of pyridine rings is 1. The fourth-order valence-electron chi connectivity index (χ4n) is 0.988. The Balaban J connectivity index is 2.44. The molecule has 80 valence electrons. The number of hydrogen-bond donors (Lipinski definition) is 1. The maximum Gasteiger partial charge on any atom is 0.216 e. The van der Waals surface area contributed by atoms with Gasteiger partial charge >= 0.3 is 0 Å². The molecule has 0 spiro atoms. The van der Waals surface area contributed by atoms with E-state index in [0.29, 0.717) is 24.2 Å². The topological polar surface area (TPSA) is 65.8 Å². The van der Waals surface area contributed by atoms with Crippen LogP contribution in [0.1, 0.15) is 24.6 Å². The van der Waals surface area contributed by atoms with E-state index in [9.17, 15) is 4.79 Å². The minimum absolute atomic E-state index is 0.0571. The van der Waals surface area contributed by atoms with E-state index in [1.807, 2.05) is 6.07 Å². The van der Waals surface area contributed by atoms with Gasteiger partial charge in [0.15, 0.2) is 0 Å². The van der Waals surface area contributed by atoms with Crippen molar-refractivity contribution < 1.29 is 4.79 Å². The minimum Gasteiger partial charge on any atom is -0.355 e. The van der Waals surface area contributed by atoms with Crippen molar-refractivity contribution in [3.8, 4) is 17.9 Å². The standard InChI is InChI=1S/C12H11N3O/c1-10(16)14-7-3-2-4-12-6-5-11(8-13)9-15-12/h5-6,9H,3,7H2,1H3,(H,14,16). The van der Waals surface area contributed by atoms with Crippen molar-refractivity contribution in [2.75, 3.05) is 6.54 Å². The number of nitrogens with one attached hydrogen (secondary N) is 1. The van der Waals surface area contributed by atoms with Crippen LogP contribution in [0.3, 0.4) is 0 Å². The lowest BCUT2D eigenvalue weighted by Crippen LogP contribution is -2.20. The zero-order valence-electron chi connectivity index (χ0n) is 8.95. The van der Waals surface area contributed by atoms with Crippen molar-refractivity contribution in [2.24, 2.45) is 0 Å². The van der Waals surface area contributed by atoms with Gasteiger partial charge in [-0.05, 0) is 18.1 Å². The first kappa shape index (κ1) is 11.7. The quantitative estimate of drug-likeness (QED) is 0.584. The van der Waals surface area contributed by atoms with Gasteiger partial charge in [0, 0.05) is 26.1 Å². The summed E-state index contributed by atoms with van der Waals surface area (Å²) in [6, 6.07) is 5.35. The molecule has 1 amide bonds. The Morgan fingerprint density at radius 1 is 1.56 bits per heavy atom. The van der Waals surface area contributed by atoms with Crippen LogP contribution in [-0.4, -0.2) is 17.4 Å². The second-order valence-electron chi connectivity index (χ2n) is 3.08. The molecule has 0 saturated heterocycles. The Morgan fingerprint density at radius 2 is 2.38 bits per heavy atom. The SMILES string of the molecule is CC(=O)NCCC#Cc1ccc(C#N)cn1. The number of carbonyl (C=O) groups is 1. The first-order chi connectivity index (χ1) is 7.72. The summed E-state index contributed by atoms with van der Waals surface area (Å²) in [6.45, 7) is 2.01. The lowest BCUT2D eigenvalue weighted by atomic mass is 10.2. The third-order valence-corrected chi connectivity index (χ3v) is 1.73. The van der Waals surface area contributed by atoms with Crippen LogP contribution in [0.5, 0.6) is 0 Å². The highest BCUT2D eigenvalue weighted by atomic mass is 16.1. The Morgan fingerprint density at radius 3 is 2.94 bits per heavy atom. The van der Waals surface area contributed by atoms with Crippen molar-refractivity contribution in [1.29, 1.82) is 5.26 Å². The molecule has 1 N–H and O–H groups in total. The van der Waals surface area contributed by atoms with Crippen molar-refractivity contribution in [3.63, 3.8) is 0 Å². The molecule has 4 heteroatoms. The zero-order valence-corrected chi connectivity index (χ0v) is 8.95. The molecule has 1 aromatic heterocycles. The summed E-state index contributed by atoms with van der Waals surface area (Å²) >= 11 is 0. The lowest BCUT2D eigenvalue weighted by molar-refractivity contribution is -0.118. The highest BCUT2D eigenvalue weighted by Crippen LogP contribution is 1.96. The minimum atomic E-state index is -0.0571. The molecule has 0 saturated carbocycles. The second-order valence-corrected chi connectivity index (χ2v) is 3.08. The maximum absolute atomic E-state index is 10.5. The van der Waals surface area contributed by atoms with E-state index in [1.54, 1.807) is 12.1 Å². The molecule has 0 unspecified atom stereocenters. The van der Waals surface area contributed by atoms with E-state index in [4.69, 9.17) is 5.26 Å². The molecule has 0 aliphatic heterocycles. The molecule has 0 aromatic carbocycles. The molecule has 0 aliphatic carbocycles. The fraction of sp³-hybridized carbons (Fsp3) is 0.250. The number of aromatic nitrogens is 1. The van der Waals surface area contributed by atoms with E-state index in [2.05, 4.69) is 22.1 Å². The third kappa shape index (κ3) is 4.26. The number of nitrogens with zero attached hydrogens (tertiary/aromatic N) is 2. The number of nitriles is 1. The summed E-state index contributed by atoms with van der Waals surface area (Å²) in [5.41, 5.74) is 1.14. The first-order valence-corrected chi connectivity index (χ1v) is 4.82. The van der Waals surface area contributed by atoms with Crippen LogP contribution in [0.25, 0.3) is 0 Å². The predicted molar refractivity (Wildman–Crippen MR) is 59.1 cm³/mol. The highest BCUT2D eigenvalue weighted by Gasteiger charge is 1.90. The van der Waals surface area contributed by atoms with Gasteiger partial charge < -0.3 is 5.32 Å². The maximum atomic E-state index is 10.5. The van der Waals surface area contributed by atoms with Crippen LogP contribution < -0.4 is 5.32 Å². The summed E-state index contributed by atoms with van der Waals surface area (Å²) in [4.78, 5) is 14.5. The van der Waals surface area contributed by atoms with Gasteiger partial charge in [-0.2, -0.15) is 5.26 Å². The summed E-state index contributed by atoms with van der Waals surface area (Å²) in [5, 5.41) is 11.2. The van der Waals surface area contributed by atoms with Crippen molar-refractivity contribution in [2.45, 2.75) is 13.3 Å². The normalized spacial score (nSPS) is 8.50. The summed E-state index contributed by atoms with van der Waals surface area (Å²) in [6.07, 6.45) is 2.07. The highest BCUT2D eigenvalue weighted by molar-refractivity contribution is 5.72. The van der Waals surface area contributed by atoms with Gasteiger partial charge in [0.25, 0.3) is 0 Å². The van der Waals surface area contributed by atoms with E-state index in [0.717, 1.165) is 0 Å². The summed E-state index contributed by atoms with van der Waals surface area (Å²) in [7, 11) is 0. The third-order valence-electron chi connectivity index (χ3n) is 1.73. The van der Waals surface area contributed by atoms with Crippen LogP contribution in [0.15, 0.2) is 18.3 Å². The molecule has 1 rings (SSSR count). The van der Waals surface area contributed by atoms with Gasteiger partial charge in [-0.1, -0.05) is 5.92 Å². The summed E-state index contributed by atoms with van der Waals surface area (Å²) < 4.78 is 0. The molecule has 0 radical (unpaired) electrons. The van der Waals surface area contributed by atoms with Gasteiger partial charge in [-0.25, -0.2) is 4.98 Å². The van der Waals surface area contributed by atoms with Crippen LogP contribution >= 0.6 is 0 Å². The largest absolute Gasteiger partial charge is 0.355 e. The molecule has 16 heavy (non-hydrogen) atoms. The molecule has 1 aromatic rings. The zero-order chi connectivity index (χ0) is 11.8. The molecule has 0 fully saturated rings. The molecule has 0 atom stereocenters. The molecule has 1 heterocycles. The van der Waals surface area contributed by atoms with E-state index in [1.165, 1.54) is 13.1 Å². The van der Waals surface area contributed by atoms with Gasteiger partial charge in [0.05, 0.1) is 5.56 Å². The number of rotatable bonds is 2. The van der Waals surface area contributed by atoms with E-state index in [-0.39, 0.29) is 5.91 Å². The Labute approximate surface area is 94.3 Å². The average molecular weight is 213 g/mol. The Hall–Kier alpha value is -2.33. The van der Waals surface area contributed by atoms with Crippen molar-refractivity contribution >= 4 is 5.91 Å². The Bertz CT molecular complexity index is 460. The Kier molecular flexibility index (Phi) is 4.56. The first-order valence-electron chi connectivity index (χ1n) is 4.82. The number of hydrogen-bond acceptors (Lipinski definition) is 3. The summed E-state index contributed by atoms with van der Waals surface area (Å²) in [5.74, 6) is 5.68. The van der Waals surface area contributed by atoms with Gasteiger partial charge in [0.1, 0.15) is 11.8 Å². The lowest BCUT2D eigenvalue weighted by Gasteiger charge is -1.94. The average Bonchev–Trinajstić information content (AvgIpc) is 2.29. The van der Waals surface area contributed by atoms with Crippen LogP contribution in [0.4, 0.5) is 0 Å². The van der Waals surface area contributed by atoms with Gasteiger partial charge in [-0.15, -0.1) is 0 Å². The molecule has 4 nitrogen and oxygen atoms in total. The van der Waals surface area contributed by atoms with E-state index >= 15 is 0 Å². The van der Waals surface area contributed by atoms with Crippen LogP contribution in [0.2, 0.25) is 0 Å². The monoisotopic (exact) mass is 213 g/mol. The molecule has 0 bridgehead atoms. The van der Waals surface area contributed by atoms with Crippen molar-refractivity contribution in [3.05, 3.63) is 29.6 Å². The van der Waals surface area contributed by atoms with Gasteiger partial charge in [-0.3, -0.25) is 4.79 Å². The van der Waals surface area contributed by atoms with Crippen LogP contribution in [0, 0.1) is 23.2 Å². The smallest absolute Gasteiger partial charge is 0.216 e. The van der Waals surface area contributed by atoms with Crippen LogP contribution in [-0.2, 0) is 4.79 Å². The molecular weight excluding hydrogens is 202 g/mol. The number of amides is 1. The van der Waals surface area contributed by atoms with E-state index < -0.39 is 0 Å².